The zero-order chi connectivity index (χ0) is 25.9. The van der Waals surface area contributed by atoms with Crippen molar-refractivity contribution in [1.82, 2.24) is 5.32 Å². The van der Waals surface area contributed by atoms with Crippen molar-refractivity contribution in [1.29, 1.82) is 0 Å². The average molecular weight is 508 g/mol. The standard InChI is InChI=1S/C29H30ClNO5/c1-28(2,3)36-27(33)31-29(26(32)34-4)14-13-19-11-12-25(17-22(19)18-29)35-24-10-6-8-21(16-24)20-7-5-9-23(30)15-20/h5-12,15-17H,13-14,18H2,1-4H3,(H,31,33). The Morgan fingerprint density at radius 3 is 2.31 bits per heavy atom. The number of halogens is 1. The number of methoxy groups -OCH3 is 1. The van der Waals surface area contributed by atoms with Crippen LogP contribution in [-0.4, -0.2) is 30.3 Å². The summed E-state index contributed by atoms with van der Waals surface area (Å²) in [6.07, 6.45) is 0.633. The van der Waals surface area contributed by atoms with E-state index in [-0.39, 0.29) is 6.42 Å². The molecule has 1 N–H and O–H groups in total. The molecular weight excluding hydrogens is 478 g/mol. The number of ether oxygens (including phenoxy) is 3. The van der Waals surface area contributed by atoms with Crippen molar-refractivity contribution in [2.75, 3.05) is 7.11 Å². The molecule has 1 unspecified atom stereocenters. The highest BCUT2D eigenvalue weighted by molar-refractivity contribution is 6.30. The largest absolute Gasteiger partial charge is 0.467 e. The summed E-state index contributed by atoms with van der Waals surface area (Å²) < 4.78 is 16.7. The summed E-state index contributed by atoms with van der Waals surface area (Å²) in [6, 6.07) is 21.2. The van der Waals surface area contributed by atoms with Gasteiger partial charge in [0.25, 0.3) is 0 Å². The fourth-order valence-corrected chi connectivity index (χ4v) is 4.60. The van der Waals surface area contributed by atoms with Gasteiger partial charge in [-0.1, -0.05) is 41.9 Å². The Bertz CT molecular complexity index is 1280. The zero-order valence-electron chi connectivity index (χ0n) is 20.9. The smallest absolute Gasteiger partial charge is 0.408 e. The zero-order valence-corrected chi connectivity index (χ0v) is 21.6. The average Bonchev–Trinajstić information content (AvgIpc) is 2.82. The summed E-state index contributed by atoms with van der Waals surface area (Å²) in [5.41, 5.74) is 2.09. The van der Waals surface area contributed by atoms with Crippen LogP contribution in [0.1, 0.15) is 38.3 Å². The summed E-state index contributed by atoms with van der Waals surface area (Å²) >= 11 is 6.15. The first-order valence-corrected chi connectivity index (χ1v) is 12.2. The Balaban J connectivity index is 1.57. The van der Waals surface area contributed by atoms with E-state index >= 15 is 0 Å². The number of carbonyl (C=O) groups excluding carboxylic acids is 2. The van der Waals surface area contributed by atoms with Gasteiger partial charge in [0, 0.05) is 11.4 Å². The van der Waals surface area contributed by atoms with E-state index in [9.17, 15) is 9.59 Å². The molecule has 36 heavy (non-hydrogen) atoms. The first-order chi connectivity index (χ1) is 17.1. The Kier molecular flexibility index (Phi) is 7.27. The highest BCUT2D eigenvalue weighted by Gasteiger charge is 2.44. The van der Waals surface area contributed by atoms with Crippen LogP contribution in [0.25, 0.3) is 11.1 Å². The summed E-state index contributed by atoms with van der Waals surface area (Å²) in [5.74, 6) is 0.809. The van der Waals surface area contributed by atoms with Crippen LogP contribution in [0.3, 0.4) is 0 Å². The molecule has 1 atom stereocenters. The van der Waals surface area contributed by atoms with E-state index < -0.39 is 23.2 Å². The topological polar surface area (TPSA) is 73.9 Å². The normalized spacial score (nSPS) is 17.0. The minimum atomic E-state index is -1.21. The number of hydrogen-bond donors (Lipinski definition) is 1. The van der Waals surface area contributed by atoms with E-state index in [1.807, 2.05) is 66.7 Å². The number of nitrogens with one attached hydrogen (secondary N) is 1. The van der Waals surface area contributed by atoms with Crippen molar-refractivity contribution in [3.05, 3.63) is 82.9 Å². The molecule has 4 rings (SSSR count). The molecule has 3 aromatic carbocycles. The van der Waals surface area contributed by atoms with Crippen LogP contribution < -0.4 is 10.1 Å². The Hall–Kier alpha value is -3.51. The van der Waals surface area contributed by atoms with Crippen molar-refractivity contribution in [3.63, 3.8) is 0 Å². The number of fused-ring (bicyclic) bond motifs is 1. The molecule has 0 radical (unpaired) electrons. The molecule has 1 amide bonds. The van der Waals surface area contributed by atoms with E-state index in [1.54, 1.807) is 20.8 Å². The van der Waals surface area contributed by atoms with Crippen LogP contribution in [0, 0.1) is 0 Å². The third kappa shape index (κ3) is 6.00. The number of aryl methyl sites for hydroxylation is 1. The van der Waals surface area contributed by atoms with E-state index in [1.165, 1.54) is 7.11 Å². The third-order valence-corrected chi connectivity index (χ3v) is 6.27. The first kappa shape index (κ1) is 25.6. The molecule has 0 aromatic heterocycles. The second-order valence-electron chi connectivity index (χ2n) is 9.95. The maximum atomic E-state index is 12.8. The van der Waals surface area contributed by atoms with Crippen LogP contribution in [0.15, 0.2) is 66.7 Å². The van der Waals surface area contributed by atoms with Gasteiger partial charge >= 0.3 is 12.1 Å². The van der Waals surface area contributed by atoms with E-state index in [0.717, 1.165) is 22.3 Å². The van der Waals surface area contributed by atoms with Crippen LogP contribution in [-0.2, 0) is 27.1 Å². The van der Waals surface area contributed by atoms with Crippen LogP contribution in [0.4, 0.5) is 4.79 Å². The van der Waals surface area contributed by atoms with Gasteiger partial charge in [-0.2, -0.15) is 0 Å². The summed E-state index contributed by atoms with van der Waals surface area (Å²) in [6.45, 7) is 5.33. The van der Waals surface area contributed by atoms with Gasteiger partial charge in [-0.3, -0.25) is 0 Å². The number of benzene rings is 3. The van der Waals surface area contributed by atoms with Gasteiger partial charge in [-0.25, -0.2) is 9.59 Å². The Morgan fingerprint density at radius 2 is 1.61 bits per heavy atom. The van der Waals surface area contributed by atoms with Gasteiger partial charge < -0.3 is 19.5 Å². The number of alkyl carbamates (subject to hydrolysis) is 1. The van der Waals surface area contributed by atoms with Gasteiger partial charge in [0.15, 0.2) is 0 Å². The maximum Gasteiger partial charge on any atom is 0.408 e. The number of amides is 1. The lowest BCUT2D eigenvalue weighted by atomic mass is 9.78. The molecule has 0 fully saturated rings. The molecule has 0 saturated carbocycles. The second-order valence-corrected chi connectivity index (χ2v) is 10.4. The lowest BCUT2D eigenvalue weighted by Crippen LogP contribution is -2.59. The van der Waals surface area contributed by atoms with Crippen LogP contribution >= 0.6 is 11.6 Å². The number of carbonyl (C=O) groups is 2. The lowest BCUT2D eigenvalue weighted by Gasteiger charge is -2.36. The molecular formula is C29H30ClNO5. The SMILES string of the molecule is COC(=O)C1(NC(=O)OC(C)(C)C)CCc2ccc(Oc3cccc(-c4cccc(Cl)c4)c3)cc2C1. The molecule has 0 spiro atoms. The fraction of sp³-hybridized carbons (Fsp3) is 0.310. The molecule has 0 heterocycles. The first-order valence-electron chi connectivity index (χ1n) is 11.8. The number of hydrogen-bond acceptors (Lipinski definition) is 5. The van der Waals surface area contributed by atoms with Crippen molar-refractivity contribution >= 4 is 23.7 Å². The quantitative estimate of drug-likeness (QED) is 0.388. The van der Waals surface area contributed by atoms with Crippen LogP contribution in [0.5, 0.6) is 11.5 Å². The summed E-state index contributed by atoms with van der Waals surface area (Å²) in [7, 11) is 1.32. The maximum absolute atomic E-state index is 12.8. The van der Waals surface area contributed by atoms with Crippen molar-refractivity contribution in [3.8, 4) is 22.6 Å². The predicted octanol–water partition coefficient (Wildman–Crippen LogP) is 6.72. The Morgan fingerprint density at radius 1 is 0.917 bits per heavy atom. The second kappa shape index (κ2) is 10.2. The molecule has 188 valence electrons. The Labute approximate surface area is 216 Å². The molecule has 1 aliphatic rings. The van der Waals surface area contributed by atoms with Crippen molar-refractivity contribution < 1.29 is 23.8 Å². The van der Waals surface area contributed by atoms with Gasteiger partial charge in [-0.05, 0) is 92.3 Å². The summed E-state index contributed by atoms with van der Waals surface area (Å²) in [4.78, 5) is 25.4. The van der Waals surface area contributed by atoms with Crippen molar-refractivity contribution in [2.45, 2.75) is 51.2 Å². The van der Waals surface area contributed by atoms with E-state index in [0.29, 0.717) is 29.4 Å². The molecule has 3 aromatic rings. The van der Waals surface area contributed by atoms with Gasteiger partial charge in [0.05, 0.1) is 7.11 Å². The number of esters is 1. The fourth-order valence-electron chi connectivity index (χ4n) is 4.41. The van der Waals surface area contributed by atoms with Crippen LogP contribution in [0.2, 0.25) is 5.02 Å². The van der Waals surface area contributed by atoms with Gasteiger partial charge in [-0.15, -0.1) is 0 Å². The van der Waals surface area contributed by atoms with Gasteiger partial charge in [0.2, 0.25) is 0 Å². The van der Waals surface area contributed by atoms with Crippen molar-refractivity contribution in [2.24, 2.45) is 0 Å². The van der Waals surface area contributed by atoms with E-state index in [4.69, 9.17) is 25.8 Å². The molecule has 0 aliphatic heterocycles. The molecule has 7 heteroatoms. The van der Waals surface area contributed by atoms with Gasteiger partial charge in [0.1, 0.15) is 22.6 Å². The highest BCUT2D eigenvalue weighted by Crippen LogP contribution is 2.35. The minimum absolute atomic E-state index is 0.272. The summed E-state index contributed by atoms with van der Waals surface area (Å²) in [5, 5.41) is 3.46. The third-order valence-electron chi connectivity index (χ3n) is 6.04. The molecule has 1 aliphatic carbocycles. The van der Waals surface area contributed by atoms with E-state index in [2.05, 4.69) is 5.32 Å². The molecule has 0 saturated heterocycles. The molecule has 0 bridgehead atoms. The monoisotopic (exact) mass is 507 g/mol. The predicted molar refractivity (Wildman–Crippen MR) is 140 cm³/mol. The molecule has 6 nitrogen and oxygen atoms in total. The number of rotatable bonds is 5. The minimum Gasteiger partial charge on any atom is -0.467 e. The highest BCUT2D eigenvalue weighted by atomic mass is 35.5. The lowest BCUT2D eigenvalue weighted by molar-refractivity contribution is -0.149.